The molecule has 4 aliphatic carbocycles. The highest BCUT2D eigenvalue weighted by molar-refractivity contribution is 5.19. The third kappa shape index (κ3) is 2.29. The molecule has 2 heterocycles. The van der Waals surface area contributed by atoms with Gasteiger partial charge in [0.05, 0.1) is 0 Å². The first-order chi connectivity index (χ1) is 11.4. The van der Waals surface area contributed by atoms with Gasteiger partial charge >= 0.3 is 0 Å². The molecule has 3 nitrogen and oxygen atoms in total. The molecule has 132 valence electrons. The highest BCUT2D eigenvalue weighted by Gasteiger charge is 2.54. The molecule has 0 spiro atoms. The quantitative estimate of drug-likeness (QED) is 0.745. The van der Waals surface area contributed by atoms with E-state index < -0.39 is 0 Å². The topological polar surface area (TPSA) is 30.7 Å². The highest BCUT2D eigenvalue weighted by Crippen LogP contribution is 2.60. The second kappa shape index (κ2) is 5.08. The zero-order chi connectivity index (χ0) is 16.5. The van der Waals surface area contributed by atoms with E-state index in [0.717, 1.165) is 36.6 Å². The molecule has 6 rings (SSSR count). The fraction of sp³-hybridized carbons (Fsp3) is 0.905. The van der Waals surface area contributed by atoms with Gasteiger partial charge in [-0.25, -0.2) is 0 Å². The third-order valence-electron chi connectivity index (χ3n) is 7.98. The predicted molar refractivity (Wildman–Crippen MR) is 95.8 cm³/mol. The van der Waals surface area contributed by atoms with Crippen LogP contribution in [0.5, 0.6) is 0 Å². The van der Waals surface area contributed by atoms with Crippen LogP contribution in [0.25, 0.3) is 0 Å². The number of aryl methyl sites for hydroxylation is 1. The lowest BCUT2D eigenvalue weighted by Gasteiger charge is -2.56. The van der Waals surface area contributed by atoms with Gasteiger partial charge in [-0.3, -0.25) is 0 Å². The minimum absolute atomic E-state index is 0.390. The normalized spacial score (nSPS) is 41.3. The van der Waals surface area contributed by atoms with E-state index in [1.807, 2.05) is 0 Å². The van der Waals surface area contributed by atoms with Gasteiger partial charge in [-0.2, -0.15) is 0 Å². The summed E-state index contributed by atoms with van der Waals surface area (Å²) in [6.07, 6.45) is 12.4. The Kier molecular flexibility index (Phi) is 3.26. The van der Waals surface area contributed by atoms with Crippen molar-refractivity contribution in [2.24, 2.45) is 29.1 Å². The summed E-state index contributed by atoms with van der Waals surface area (Å²) in [6.45, 7) is 8.37. The molecule has 24 heavy (non-hydrogen) atoms. The van der Waals surface area contributed by atoms with Gasteiger partial charge in [-0.15, -0.1) is 10.2 Å². The van der Waals surface area contributed by atoms with Gasteiger partial charge in [0.2, 0.25) is 0 Å². The number of rotatable bonds is 1. The van der Waals surface area contributed by atoms with Crippen molar-refractivity contribution in [2.45, 2.75) is 90.5 Å². The molecular formula is C21H33N3. The van der Waals surface area contributed by atoms with Crippen LogP contribution < -0.4 is 0 Å². The Bertz CT molecular complexity index is 601. The Morgan fingerprint density at radius 3 is 2.12 bits per heavy atom. The lowest BCUT2D eigenvalue weighted by Crippen LogP contribution is -2.49. The first kappa shape index (κ1) is 15.4. The molecule has 0 amide bonds. The largest absolute Gasteiger partial charge is 0.315 e. The maximum atomic E-state index is 4.83. The van der Waals surface area contributed by atoms with E-state index in [9.17, 15) is 0 Å². The first-order valence-electron chi connectivity index (χ1n) is 10.4. The molecule has 1 aliphatic heterocycles. The van der Waals surface area contributed by atoms with Gasteiger partial charge in [0, 0.05) is 18.4 Å². The van der Waals surface area contributed by atoms with E-state index in [2.05, 4.69) is 25.3 Å². The minimum atomic E-state index is 0.390. The van der Waals surface area contributed by atoms with E-state index in [4.69, 9.17) is 10.2 Å². The summed E-state index contributed by atoms with van der Waals surface area (Å²) in [6, 6.07) is 0. The Balaban J connectivity index is 1.47. The first-order valence-corrected chi connectivity index (χ1v) is 10.4. The highest BCUT2D eigenvalue weighted by atomic mass is 15.3. The fourth-order valence-corrected chi connectivity index (χ4v) is 7.13. The lowest BCUT2D eigenvalue weighted by atomic mass is 9.49. The number of fused-ring (bicyclic) bond motifs is 1. The van der Waals surface area contributed by atoms with Crippen molar-refractivity contribution in [3.63, 3.8) is 0 Å². The molecule has 4 fully saturated rings. The maximum Gasteiger partial charge on any atom is 0.139 e. The molecule has 3 heteroatoms. The molecule has 1 aromatic rings. The Labute approximate surface area is 146 Å². The van der Waals surface area contributed by atoms with Gasteiger partial charge < -0.3 is 4.57 Å². The maximum absolute atomic E-state index is 4.83. The van der Waals surface area contributed by atoms with Crippen LogP contribution in [-0.4, -0.2) is 14.8 Å². The van der Waals surface area contributed by atoms with E-state index in [1.165, 1.54) is 63.0 Å². The van der Waals surface area contributed by atoms with E-state index in [0.29, 0.717) is 10.8 Å². The zero-order valence-electron chi connectivity index (χ0n) is 15.7. The average molecular weight is 328 g/mol. The Hall–Kier alpha value is -0.860. The van der Waals surface area contributed by atoms with Gasteiger partial charge in [0.1, 0.15) is 11.6 Å². The Morgan fingerprint density at radius 1 is 0.917 bits per heavy atom. The second-order valence-corrected chi connectivity index (χ2v) is 10.7. The summed E-state index contributed by atoms with van der Waals surface area (Å²) in [4.78, 5) is 0. The average Bonchev–Trinajstić information content (AvgIpc) is 2.77. The number of hydrogen-bond donors (Lipinski definition) is 0. The molecule has 1 atom stereocenters. The van der Waals surface area contributed by atoms with Crippen molar-refractivity contribution in [3.05, 3.63) is 11.6 Å². The van der Waals surface area contributed by atoms with Gasteiger partial charge in [-0.05, 0) is 80.5 Å². The lowest BCUT2D eigenvalue weighted by molar-refractivity contribution is -0.0113. The van der Waals surface area contributed by atoms with Crippen LogP contribution in [0.1, 0.15) is 83.8 Å². The summed E-state index contributed by atoms with van der Waals surface area (Å²) in [5.41, 5.74) is 0.805. The smallest absolute Gasteiger partial charge is 0.139 e. The van der Waals surface area contributed by atoms with Crippen molar-refractivity contribution < 1.29 is 0 Å². The summed E-state index contributed by atoms with van der Waals surface area (Å²) in [7, 11) is 0. The van der Waals surface area contributed by atoms with Crippen LogP contribution in [0.2, 0.25) is 0 Å². The van der Waals surface area contributed by atoms with E-state index in [-0.39, 0.29) is 0 Å². The van der Waals surface area contributed by atoms with E-state index in [1.54, 1.807) is 0 Å². The minimum Gasteiger partial charge on any atom is -0.315 e. The van der Waals surface area contributed by atoms with Gasteiger partial charge in [0.25, 0.3) is 0 Å². The van der Waals surface area contributed by atoms with Gasteiger partial charge in [-0.1, -0.05) is 20.8 Å². The molecular weight excluding hydrogens is 294 g/mol. The molecule has 1 unspecified atom stereocenters. The van der Waals surface area contributed by atoms with Crippen LogP contribution in [0.15, 0.2) is 0 Å². The number of hydrogen-bond acceptors (Lipinski definition) is 2. The molecule has 0 saturated heterocycles. The molecule has 1 aromatic heterocycles. The van der Waals surface area contributed by atoms with Crippen LogP contribution in [0.3, 0.4) is 0 Å². The molecule has 0 radical (unpaired) electrons. The Morgan fingerprint density at radius 2 is 1.54 bits per heavy atom. The van der Waals surface area contributed by atoms with E-state index >= 15 is 0 Å². The van der Waals surface area contributed by atoms with Crippen molar-refractivity contribution in [1.82, 2.24) is 14.8 Å². The number of aromatic nitrogens is 3. The standard InChI is InChI=1S/C21H33N3/c1-20(2,3)17-4-5-18-22-23-19(24(18)7-6-17)21-11-14-8-15(12-21)10-16(9-14)13-21/h14-17H,4-13H2,1-3H3. The van der Waals surface area contributed by atoms with Crippen LogP contribution in [0.4, 0.5) is 0 Å². The SMILES string of the molecule is CC(C)(C)C1CCc2nnc(C34CC5CC(CC(C5)C3)C4)n2CC1. The monoisotopic (exact) mass is 327 g/mol. The fourth-order valence-electron chi connectivity index (χ4n) is 7.13. The molecule has 0 N–H and O–H groups in total. The third-order valence-corrected chi connectivity index (χ3v) is 7.98. The molecule has 4 saturated carbocycles. The van der Waals surface area contributed by atoms with Gasteiger partial charge in [0.15, 0.2) is 0 Å². The second-order valence-electron chi connectivity index (χ2n) is 10.7. The van der Waals surface area contributed by atoms with Crippen molar-refractivity contribution in [3.8, 4) is 0 Å². The van der Waals surface area contributed by atoms with Crippen LogP contribution >= 0.6 is 0 Å². The summed E-state index contributed by atoms with van der Waals surface area (Å²) >= 11 is 0. The predicted octanol–water partition coefficient (Wildman–Crippen LogP) is 4.74. The summed E-state index contributed by atoms with van der Waals surface area (Å²) in [5.74, 6) is 6.44. The molecule has 0 aromatic carbocycles. The molecule has 5 aliphatic rings. The summed E-state index contributed by atoms with van der Waals surface area (Å²) in [5, 5.41) is 9.53. The van der Waals surface area contributed by atoms with Crippen molar-refractivity contribution in [1.29, 1.82) is 0 Å². The van der Waals surface area contributed by atoms with Crippen LogP contribution in [0, 0.1) is 29.1 Å². The van der Waals surface area contributed by atoms with Crippen molar-refractivity contribution >= 4 is 0 Å². The summed E-state index contributed by atoms with van der Waals surface area (Å²) < 4.78 is 2.58. The zero-order valence-corrected chi connectivity index (χ0v) is 15.7. The van der Waals surface area contributed by atoms with Crippen LogP contribution in [-0.2, 0) is 18.4 Å². The number of nitrogens with zero attached hydrogens (tertiary/aromatic N) is 3. The van der Waals surface area contributed by atoms with Crippen molar-refractivity contribution in [2.75, 3.05) is 0 Å². The molecule has 4 bridgehead atoms.